The van der Waals surface area contributed by atoms with Crippen molar-refractivity contribution in [1.82, 2.24) is 14.7 Å². The van der Waals surface area contributed by atoms with Gasteiger partial charge in [0.05, 0.1) is 29.2 Å². The van der Waals surface area contributed by atoms with Crippen LogP contribution in [0.3, 0.4) is 0 Å². The molecule has 3 rings (SSSR count). The van der Waals surface area contributed by atoms with Gasteiger partial charge in [0.2, 0.25) is 5.91 Å². The van der Waals surface area contributed by atoms with Crippen LogP contribution in [0.5, 0.6) is 0 Å². The number of hydrogen-bond acceptors (Lipinski definition) is 4. The molecule has 22 heavy (non-hydrogen) atoms. The van der Waals surface area contributed by atoms with Gasteiger partial charge in [-0.3, -0.25) is 14.3 Å². The molecule has 6 nitrogen and oxygen atoms in total. The summed E-state index contributed by atoms with van der Waals surface area (Å²) in [6.45, 7) is 3.44. The van der Waals surface area contributed by atoms with Gasteiger partial charge in [0.1, 0.15) is 0 Å². The average Bonchev–Trinajstić information content (AvgIpc) is 3.19. The smallest absolute Gasteiger partial charge is 0.264 e. The largest absolute Gasteiger partial charge is 0.366 e. The third-order valence-corrected chi connectivity index (χ3v) is 4.81. The van der Waals surface area contributed by atoms with Crippen molar-refractivity contribution in [2.45, 2.75) is 32.4 Å². The van der Waals surface area contributed by atoms with Gasteiger partial charge in [-0.15, -0.1) is 11.3 Å². The second kappa shape index (κ2) is 5.92. The number of amides is 2. The molecule has 1 fully saturated rings. The molecule has 0 radical (unpaired) electrons. The highest BCUT2D eigenvalue weighted by atomic mass is 32.1. The Bertz CT molecular complexity index is 706. The van der Waals surface area contributed by atoms with E-state index in [1.807, 2.05) is 28.9 Å². The third-order valence-electron chi connectivity index (χ3n) is 3.89. The Hall–Kier alpha value is -2.15. The van der Waals surface area contributed by atoms with Crippen molar-refractivity contribution in [2.75, 3.05) is 6.54 Å². The maximum Gasteiger partial charge on any atom is 0.264 e. The lowest BCUT2D eigenvalue weighted by Gasteiger charge is -2.24. The topological polar surface area (TPSA) is 81.2 Å². The van der Waals surface area contributed by atoms with Crippen molar-refractivity contribution >= 4 is 23.2 Å². The average molecular weight is 318 g/mol. The van der Waals surface area contributed by atoms with Gasteiger partial charge in [-0.05, 0) is 31.4 Å². The van der Waals surface area contributed by atoms with Crippen LogP contribution in [-0.2, 0) is 6.54 Å². The van der Waals surface area contributed by atoms with Gasteiger partial charge in [-0.25, -0.2) is 0 Å². The molecule has 1 saturated heterocycles. The van der Waals surface area contributed by atoms with E-state index in [0.717, 1.165) is 24.9 Å². The molecule has 0 spiro atoms. The zero-order chi connectivity index (χ0) is 15.7. The van der Waals surface area contributed by atoms with E-state index in [4.69, 9.17) is 5.73 Å². The first-order chi connectivity index (χ1) is 10.5. The second-order valence-corrected chi connectivity index (χ2v) is 6.51. The summed E-state index contributed by atoms with van der Waals surface area (Å²) >= 11 is 1.27. The quantitative estimate of drug-likeness (QED) is 0.931. The summed E-state index contributed by atoms with van der Waals surface area (Å²) < 4.78 is 1.88. The van der Waals surface area contributed by atoms with Crippen molar-refractivity contribution in [3.63, 3.8) is 0 Å². The molecule has 116 valence electrons. The molecule has 2 N–H and O–H groups in total. The molecule has 1 unspecified atom stereocenters. The minimum Gasteiger partial charge on any atom is -0.366 e. The molecule has 0 aliphatic carbocycles. The number of thiophene rings is 1. The number of aryl methyl sites for hydroxylation is 1. The van der Waals surface area contributed by atoms with Crippen LogP contribution in [0.4, 0.5) is 0 Å². The van der Waals surface area contributed by atoms with Crippen LogP contribution >= 0.6 is 11.3 Å². The summed E-state index contributed by atoms with van der Waals surface area (Å²) in [4.78, 5) is 26.3. The van der Waals surface area contributed by atoms with Crippen molar-refractivity contribution in [3.05, 3.63) is 39.8 Å². The standard InChI is InChI=1S/C15H18N4O2S/c1-10-6-17-18(7-10)8-12-3-2-4-19(12)15(21)13-5-11(9-22-13)14(16)20/h5-7,9,12H,2-4,8H2,1H3,(H2,16,20). The normalized spacial score (nSPS) is 17.9. The molecule has 1 aliphatic rings. The Labute approximate surface area is 132 Å². The number of rotatable bonds is 4. The second-order valence-electron chi connectivity index (χ2n) is 5.60. The van der Waals surface area contributed by atoms with Crippen molar-refractivity contribution < 1.29 is 9.59 Å². The molecule has 2 aromatic heterocycles. The molecule has 3 heterocycles. The molecule has 7 heteroatoms. The van der Waals surface area contributed by atoms with E-state index in [1.165, 1.54) is 11.3 Å². The molecule has 2 aromatic rings. The van der Waals surface area contributed by atoms with Gasteiger partial charge in [-0.1, -0.05) is 0 Å². The number of likely N-dealkylation sites (tertiary alicyclic amines) is 1. The van der Waals surface area contributed by atoms with E-state index in [0.29, 0.717) is 17.0 Å². The molecular formula is C15H18N4O2S. The predicted molar refractivity (Wildman–Crippen MR) is 83.9 cm³/mol. The summed E-state index contributed by atoms with van der Waals surface area (Å²) in [6.07, 6.45) is 5.76. The highest BCUT2D eigenvalue weighted by molar-refractivity contribution is 7.12. The van der Waals surface area contributed by atoms with E-state index in [9.17, 15) is 9.59 Å². The molecule has 0 saturated carbocycles. The van der Waals surface area contributed by atoms with E-state index in [2.05, 4.69) is 5.10 Å². The number of nitrogens with two attached hydrogens (primary N) is 1. The molecule has 1 atom stereocenters. The minimum atomic E-state index is -0.500. The Morgan fingerprint density at radius 3 is 2.95 bits per heavy atom. The Kier molecular flexibility index (Phi) is 3.98. The fraction of sp³-hybridized carbons (Fsp3) is 0.400. The zero-order valence-electron chi connectivity index (χ0n) is 12.4. The molecule has 0 aromatic carbocycles. The van der Waals surface area contributed by atoms with Gasteiger partial charge < -0.3 is 10.6 Å². The summed E-state index contributed by atoms with van der Waals surface area (Å²) in [5.74, 6) is -0.524. The minimum absolute atomic E-state index is 0.0242. The molecule has 1 aliphatic heterocycles. The SMILES string of the molecule is Cc1cnn(CC2CCCN2C(=O)c2cc(C(N)=O)cs2)c1. The number of primary amides is 1. The van der Waals surface area contributed by atoms with Gasteiger partial charge in [0.15, 0.2) is 0 Å². The number of aromatic nitrogens is 2. The third kappa shape index (κ3) is 2.89. The lowest BCUT2D eigenvalue weighted by molar-refractivity contribution is 0.0726. The fourth-order valence-electron chi connectivity index (χ4n) is 2.79. The number of carbonyl (C=O) groups excluding carboxylic acids is 2. The van der Waals surface area contributed by atoms with Crippen LogP contribution in [0.1, 0.15) is 38.4 Å². The van der Waals surface area contributed by atoms with Crippen LogP contribution in [0.25, 0.3) is 0 Å². The summed E-state index contributed by atoms with van der Waals surface area (Å²) in [5.41, 5.74) is 6.75. The monoisotopic (exact) mass is 318 g/mol. The van der Waals surface area contributed by atoms with Gasteiger partial charge >= 0.3 is 0 Å². The molecule has 0 bridgehead atoms. The number of hydrogen-bond donors (Lipinski definition) is 1. The molecule has 2 amide bonds. The van der Waals surface area contributed by atoms with E-state index < -0.39 is 5.91 Å². The first kappa shape index (κ1) is 14.8. The van der Waals surface area contributed by atoms with Gasteiger partial charge in [0.25, 0.3) is 5.91 Å². The highest BCUT2D eigenvalue weighted by Gasteiger charge is 2.30. The molecular weight excluding hydrogens is 300 g/mol. The van der Waals surface area contributed by atoms with Gasteiger partial charge in [0, 0.05) is 18.1 Å². The lowest BCUT2D eigenvalue weighted by Crippen LogP contribution is -2.37. The lowest BCUT2D eigenvalue weighted by atomic mass is 10.2. The number of nitrogens with zero attached hydrogens (tertiary/aromatic N) is 3. The van der Waals surface area contributed by atoms with Crippen LogP contribution in [0.2, 0.25) is 0 Å². The summed E-state index contributed by atoms with van der Waals surface area (Å²) in [5, 5.41) is 5.93. The zero-order valence-corrected chi connectivity index (χ0v) is 13.2. The van der Waals surface area contributed by atoms with Crippen molar-refractivity contribution in [1.29, 1.82) is 0 Å². The van der Waals surface area contributed by atoms with Crippen LogP contribution < -0.4 is 5.73 Å². The fourth-order valence-corrected chi connectivity index (χ4v) is 3.65. The summed E-state index contributed by atoms with van der Waals surface area (Å²) in [6, 6.07) is 1.73. The highest BCUT2D eigenvalue weighted by Crippen LogP contribution is 2.24. The summed E-state index contributed by atoms with van der Waals surface area (Å²) in [7, 11) is 0. The van der Waals surface area contributed by atoms with E-state index >= 15 is 0 Å². The maximum absolute atomic E-state index is 12.6. The van der Waals surface area contributed by atoms with Crippen LogP contribution in [0.15, 0.2) is 23.8 Å². The Morgan fingerprint density at radius 2 is 2.32 bits per heavy atom. The predicted octanol–water partition coefficient (Wildman–Crippen LogP) is 1.66. The maximum atomic E-state index is 12.6. The van der Waals surface area contributed by atoms with E-state index in [-0.39, 0.29) is 11.9 Å². The van der Waals surface area contributed by atoms with Gasteiger partial charge in [-0.2, -0.15) is 5.10 Å². The first-order valence-electron chi connectivity index (χ1n) is 7.23. The van der Waals surface area contributed by atoms with Crippen LogP contribution in [-0.4, -0.2) is 39.1 Å². The number of carbonyl (C=O) groups is 2. The Morgan fingerprint density at radius 1 is 1.50 bits per heavy atom. The van der Waals surface area contributed by atoms with Crippen molar-refractivity contribution in [2.24, 2.45) is 5.73 Å². The van der Waals surface area contributed by atoms with Crippen molar-refractivity contribution in [3.8, 4) is 0 Å². The van der Waals surface area contributed by atoms with Crippen LogP contribution in [0, 0.1) is 6.92 Å². The first-order valence-corrected chi connectivity index (χ1v) is 8.11. The Balaban J connectivity index is 1.74. The van der Waals surface area contributed by atoms with E-state index in [1.54, 1.807) is 11.4 Å².